The maximum Gasteiger partial charge on any atom is 0.323 e. The Morgan fingerprint density at radius 1 is 1.42 bits per heavy atom. The zero-order valence-electron chi connectivity index (χ0n) is 11.6. The molecule has 19 heavy (non-hydrogen) atoms. The van der Waals surface area contributed by atoms with Crippen molar-refractivity contribution in [3.8, 4) is 0 Å². The summed E-state index contributed by atoms with van der Waals surface area (Å²) in [6.45, 7) is 2.18. The Morgan fingerprint density at radius 3 is 2.68 bits per heavy atom. The lowest BCUT2D eigenvalue weighted by atomic mass is 9.31. The highest BCUT2D eigenvalue weighted by atomic mass is 16.5. The van der Waals surface area contributed by atoms with E-state index in [1.54, 1.807) is 0 Å². The molecule has 4 rings (SSSR count). The highest BCUT2D eigenvalue weighted by molar-refractivity contribution is 5.77. The first-order valence-corrected chi connectivity index (χ1v) is 6.98. The van der Waals surface area contributed by atoms with E-state index in [-0.39, 0.29) is 16.8 Å². The smallest absolute Gasteiger partial charge is 0.323 e. The second-order valence-electron chi connectivity index (χ2n) is 6.23. The van der Waals surface area contributed by atoms with Crippen LogP contribution in [0.2, 0.25) is 0 Å². The SMILES string of the molecule is CCc1cccc(C23CC(C(N)C(=O)OC)(C2)C3)c1. The molecule has 3 aliphatic rings. The molecule has 0 aliphatic heterocycles. The van der Waals surface area contributed by atoms with Crippen LogP contribution in [0.4, 0.5) is 0 Å². The van der Waals surface area contributed by atoms with Crippen LogP contribution in [0.3, 0.4) is 0 Å². The van der Waals surface area contributed by atoms with Gasteiger partial charge in [0.1, 0.15) is 6.04 Å². The summed E-state index contributed by atoms with van der Waals surface area (Å²) in [4.78, 5) is 11.6. The van der Waals surface area contributed by atoms with E-state index in [2.05, 4.69) is 31.2 Å². The molecule has 3 fully saturated rings. The van der Waals surface area contributed by atoms with Crippen molar-refractivity contribution in [2.45, 2.75) is 44.1 Å². The van der Waals surface area contributed by atoms with Crippen LogP contribution in [-0.2, 0) is 21.4 Å². The Hall–Kier alpha value is -1.35. The molecule has 3 heteroatoms. The molecule has 3 aliphatic carbocycles. The van der Waals surface area contributed by atoms with Gasteiger partial charge in [-0.3, -0.25) is 4.79 Å². The zero-order chi connectivity index (χ0) is 13.7. The van der Waals surface area contributed by atoms with Crippen molar-refractivity contribution in [2.24, 2.45) is 11.1 Å². The minimum absolute atomic E-state index is 0.00924. The van der Waals surface area contributed by atoms with Crippen molar-refractivity contribution in [3.05, 3.63) is 35.4 Å². The van der Waals surface area contributed by atoms with Crippen molar-refractivity contribution >= 4 is 5.97 Å². The van der Waals surface area contributed by atoms with Gasteiger partial charge in [-0.05, 0) is 47.6 Å². The lowest BCUT2D eigenvalue weighted by Crippen LogP contribution is -2.72. The number of carbonyl (C=O) groups excluding carboxylic acids is 1. The monoisotopic (exact) mass is 259 g/mol. The first-order valence-electron chi connectivity index (χ1n) is 6.98. The maximum atomic E-state index is 11.6. The van der Waals surface area contributed by atoms with Crippen molar-refractivity contribution < 1.29 is 9.53 Å². The molecular formula is C16H21NO2. The molecule has 1 unspecified atom stereocenters. The second kappa shape index (κ2) is 4.07. The van der Waals surface area contributed by atoms with E-state index in [9.17, 15) is 4.79 Å². The summed E-state index contributed by atoms with van der Waals surface area (Å²) in [5, 5.41) is 0. The van der Waals surface area contributed by atoms with Gasteiger partial charge in [0.2, 0.25) is 0 Å². The quantitative estimate of drug-likeness (QED) is 0.843. The highest BCUT2D eigenvalue weighted by Gasteiger charge is 2.71. The van der Waals surface area contributed by atoms with Crippen LogP contribution < -0.4 is 5.73 Å². The second-order valence-corrected chi connectivity index (χ2v) is 6.23. The van der Waals surface area contributed by atoms with Crippen molar-refractivity contribution in [1.29, 1.82) is 0 Å². The lowest BCUT2D eigenvalue weighted by molar-refractivity contribution is -0.181. The molecule has 0 heterocycles. The lowest BCUT2D eigenvalue weighted by Gasteiger charge is -2.72. The predicted molar refractivity (Wildman–Crippen MR) is 73.8 cm³/mol. The van der Waals surface area contributed by atoms with Gasteiger partial charge in [0.25, 0.3) is 0 Å². The topological polar surface area (TPSA) is 52.3 Å². The van der Waals surface area contributed by atoms with Crippen molar-refractivity contribution in [2.75, 3.05) is 7.11 Å². The van der Waals surface area contributed by atoms with Crippen molar-refractivity contribution in [3.63, 3.8) is 0 Å². The molecule has 0 amide bonds. The number of carbonyl (C=O) groups is 1. The Morgan fingerprint density at radius 2 is 2.11 bits per heavy atom. The van der Waals surface area contributed by atoms with Crippen LogP contribution in [-0.4, -0.2) is 19.1 Å². The number of nitrogens with two attached hydrogens (primary N) is 1. The Labute approximate surface area is 114 Å². The molecule has 0 saturated heterocycles. The first kappa shape index (κ1) is 12.7. The van der Waals surface area contributed by atoms with Crippen LogP contribution in [0.1, 0.15) is 37.3 Å². The fourth-order valence-corrected chi connectivity index (χ4v) is 4.00. The standard InChI is InChI=1S/C16H21NO2/c1-3-11-5-4-6-12(7-11)15-8-16(9-15,10-15)13(17)14(18)19-2/h4-7,13H,3,8-10,17H2,1-2H3. The molecule has 3 saturated carbocycles. The van der Waals surface area contributed by atoms with Gasteiger partial charge in [-0.2, -0.15) is 0 Å². The molecule has 0 radical (unpaired) electrons. The summed E-state index contributed by atoms with van der Waals surface area (Å²) in [5.74, 6) is -0.268. The predicted octanol–water partition coefficient (Wildman–Crippen LogP) is 2.17. The molecule has 102 valence electrons. The third-order valence-corrected chi connectivity index (χ3v) is 5.13. The fourth-order valence-electron chi connectivity index (χ4n) is 4.00. The average Bonchev–Trinajstić information content (AvgIpc) is 2.34. The Bertz CT molecular complexity index is 503. The van der Waals surface area contributed by atoms with E-state index in [1.165, 1.54) is 18.2 Å². The number of benzene rings is 1. The van der Waals surface area contributed by atoms with E-state index < -0.39 is 6.04 Å². The van der Waals surface area contributed by atoms with Gasteiger partial charge in [0, 0.05) is 0 Å². The summed E-state index contributed by atoms with van der Waals surface area (Å²) >= 11 is 0. The molecule has 2 bridgehead atoms. The number of aryl methyl sites for hydroxylation is 1. The first-order chi connectivity index (χ1) is 9.05. The highest BCUT2D eigenvalue weighted by Crippen LogP contribution is 2.74. The molecule has 3 nitrogen and oxygen atoms in total. The third kappa shape index (κ3) is 1.64. The van der Waals surface area contributed by atoms with Gasteiger partial charge >= 0.3 is 5.97 Å². The van der Waals surface area contributed by atoms with E-state index in [4.69, 9.17) is 10.5 Å². The van der Waals surface area contributed by atoms with Crippen LogP contribution >= 0.6 is 0 Å². The van der Waals surface area contributed by atoms with Gasteiger partial charge in [0.15, 0.2) is 0 Å². The summed E-state index contributed by atoms with van der Waals surface area (Å²) in [5.41, 5.74) is 9.13. The molecule has 2 N–H and O–H groups in total. The number of rotatable bonds is 4. The molecular weight excluding hydrogens is 238 g/mol. The number of hydrogen-bond acceptors (Lipinski definition) is 3. The van der Waals surface area contributed by atoms with Crippen LogP contribution in [0.5, 0.6) is 0 Å². The largest absolute Gasteiger partial charge is 0.468 e. The minimum atomic E-state index is -0.450. The van der Waals surface area contributed by atoms with Gasteiger partial charge in [-0.15, -0.1) is 0 Å². The van der Waals surface area contributed by atoms with E-state index >= 15 is 0 Å². The number of hydrogen-bond donors (Lipinski definition) is 1. The normalized spacial score (nSPS) is 33.0. The van der Waals surface area contributed by atoms with E-state index in [0.29, 0.717) is 0 Å². The fraction of sp³-hybridized carbons (Fsp3) is 0.562. The van der Waals surface area contributed by atoms with Crippen LogP contribution in [0.25, 0.3) is 0 Å². The maximum absolute atomic E-state index is 11.6. The summed E-state index contributed by atoms with van der Waals surface area (Å²) in [6, 6.07) is 8.39. The average molecular weight is 259 g/mol. The number of methoxy groups -OCH3 is 1. The summed E-state index contributed by atoms with van der Waals surface area (Å²) in [6.07, 6.45) is 4.16. The molecule has 1 aromatic carbocycles. The van der Waals surface area contributed by atoms with Gasteiger partial charge in [-0.1, -0.05) is 31.2 Å². The molecule has 1 aromatic rings. The Kier molecular flexibility index (Phi) is 2.72. The van der Waals surface area contributed by atoms with E-state index in [1.807, 2.05) is 0 Å². The summed E-state index contributed by atoms with van der Waals surface area (Å²) in [7, 11) is 1.41. The molecule has 0 spiro atoms. The molecule has 0 aromatic heterocycles. The zero-order valence-corrected chi connectivity index (χ0v) is 11.6. The van der Waals surface area contributed by atoms with Crippen molar-refractivity contribution in [1.82, 2.24) is 0 Å². The van der Waals surface area contributed by atoms with Gasteiger partial charge < -0.3 is 10.5 Å². The molecule has 1 atom stereocenters. The number of esters is 1. The van der Waals surface area contributed by atoms with E-state index in [0.717, 1.165) is 25.7 Å². The Balaban J connectivity index is 1.74. The van der Waals surface area contributed by atoms with Crippen LogP contribution in [0.15, 0.2) is 24.3 Å². The van der Waals surface area contributed by atoms with Gasteiger partial charge in [0.05, 0.1) is 7.11 Å². The van der Waals surface area contributed by atoms with Crippen LogP contribution in [0, 0.1) is 5.41 Å². The third-order valence-electron chi connectivity index (χ3n) is 5.13. The number of ether oxygens (including phenoxy) is 1. The summed E-state index contributed by atoms with van der Waals surface area (Å²) < 4.78 is 4.77. The van der Waals surface area contributed by atoms with Gasteiger partial charge in [-0.25, -0.2) is 0 Å². The minimum Gasteiger partial charge on any atom is -0.468 e.